The maximum absolute atomic E-state index is 12.3. The fourth-order valence-electron chi connectivity index (χ4n) is 2.43. The van der Waals surface area contributed by atoms with Gasteiger partial charge in [-0.25, -0.2) is 0 Å². The van der Waals surface area contributed by atoms with Crippen molar-refractivity contribution in [2.45, 2.75) is 11.5 Å². The normalized spacial score (nSPS) is 11.1. The van der Waals surface area contributed by atoms with Gasteiger partial charge in [-0.2, -0.15) is 4.68 Å². The zero-order valence-corrected chi connectivity index (χ0v) is 16.7. The van der Waals surface area contributed by atoms with E-state index in [2.05, 4.69) is 30.9 Å². The van der Waals surface area contributed by atoms with Crippen LogP contribution in [0.5, 0.6) is 5.75 Å². The fraction of sp³-hybridized carbons (Fsp3) is 0.167. The zero-order valence-electron chi connectivity index (χ0n) is 15.9. The van der Waals surface area contributed by atoms with Crippen LogP contribution in [0.15, 0.2) is 53.7 Å². The number of tetrazole rings is 1. The van der Waals surface area contributed by atoms with Gasteiger partial charge >= 0.3 is 6.36 Å². The third-order valence-electron chi connectivity index (χ3n) is 3.72. The van der Waals surface area contributed by atoms with Crippen LogP contribution in [0, 0.1) is 0 Å². The average molecular weight is 452 g/mol. The van der Waals surface area contributed by atoms with Gasteiger partial charge in [-0.1, -0.05) is 17.8 Å². The van der Waals surface area contributed by atoms with Crippen LogP contribution in [0.3, 0.4) is 0 Å². The topological polar surface area (TPSA) is 111 Å². The van der Waals surface area contributed by atoms with Crippen molar-refractivity contribution < 1.29 is 27.5 Å². The van der Waals surface area contributed by atoms with Gasteiger partial charge in [-0.15, -0.1) is 18.3 Å². The Labute approximate surface area is 178 Å². The van der Waals surface area contributed by atoms with Gasteiger partial charge in [0.15, 0.2) is 0 Å². The molecule has 0 unspecified atom stereocenters. The number of hydrogen-bond donors (Lipinski definition) is 2. The van der Waals surface area contributed by atoms with Crippen molar-refractivity contribution in [2.75, 3.05) is 18.1 Å². The molecule has 0 saturated carbocycles. The maximum atomic E-state index is 12.3. The van der Waals surface area contributed by atoms with E-state index in [9.17, 15) is 22.8 Å². The minimum atomic E-state index is -4.79. The van der Waals surface area contributed by atoms with Crippen LogP contribution in [0.25, 0.3) is 5.69 Å². The smallest absolute Gasteiger partial charge is 0.406 e. The summed E-state index contributed by atoms with van der Waals surface area (Å²) in [5, 5.41) is 16.6. The Kier molecular flexibility index (Phi) is 6.74. The lowest BCUT2D eigenvalue weighted by Gasteiger charge is -2.10. The Morgan fingerprint density at radius 2 is 1.90 bits per heavy atom. The molecule has 0 fully saturated rings. The largest absolute Gasteiger partial charge is 0.573 e. The summed E-state index contributed by atoms with van der Waals surface area (Å²) < 4.78 is 41.9. The quantitative estimate of drug-likeness (QED) is 0.530. The SMILES string of the molecule is CNC(=O)c1cccc(NC(=O)CSc2nnnn2-c2ccc(OC(F)(F)F)cc2)c1. The van der Waals surface area contributed by atoms with E-state index >= 15 is 0 Å². The summed E-state index contributed by atoms with van der Waals surface area (Å²) in [6.45, 7) is 0. The van der Waals surface area contributed by atoms with Crippen LogP contribution < -0.4 is 15.4 Å². The number of alkyl halides is 3. The first-order chi connectivity index (χ1) is 14.7. The summed E-state index contributed by atoms with van der Waals surface area (Å²) in [7, 11) is 1.51. The van der Waals surface area contributed by atoms with Crippen molar-refractivity contribution in [3.8, 4) is 11.4 Å². The highest BCUT2D eigenvalue weighted by Crippen LogP contribution is 2.25. The first-order valence-corrected chi connectivity index (χ1v) is 9.63. The Bertz CT molecular complexity index is 1070. The second-order valence-corrected chi connectivity index (χ2v) is 6.85. The number of carbonyl (C=O) groups is 2. The molecule has 0 atom stereocenters. The van der Waals surface area contributed by atoms with Crippen LogP contribution in [0.1, 0.15) is 10.4 Å². The lowest BCUT2D eigenvalue weighted by molar-refractivity contribution is -0.274. The lowest BCUT2D eigenvalue weighted by atomic mass is 10.2. The van der Waals surface area contributed by atoms with Gasteiger partial charge in [0.05, 0.1) is 11.4 Å². The molecule has 9 nitrogen and oxygen atoms in total. The first kappa shape index (κ1) is 22.1. The lowest BCUT2D eigenvalue weighted by Crippen LogP contribution is -2.19. The minimum absolute atomic E-state index is 0.0418. The number of nitrogens with zero attached hydrogens (tertiary/aromatic N) is 4. The average Bonchev–Trinajstić information content (AvgIpc) is 3.20. The summed E-state index contributed by atoms with van der Waals surface area (Å²) in [6, 6.07) is 11.4. The van der Waals surface area contributed by atoms with E-state index in [0.717, 1.165) is 23.9 Å². The highest BCUT2D eigenvalue weighted by atomic mass is 32.2. The molecule has 2 aromatic carbocycles. The van der Waals surface area contributed by atoms with E-state index in [-0.39, 0.29) is 28.5 Å². The number of nitrogens with one attached hydrogen (secondary N) is 2. The van der Waals surface area contributed by atoms with Crippen molar-refractivity contribution in [3.63, 3.8) is 0 Å². The number of rotatable bonds is 7. The highest BCUT2D eigenvalue weighted by molar-refractivity contribution is 7.99. The number of aromatic nitrogens is 4. The van der Waals surface area contributed by atoms with Crippen molar-refractivity contribution in [2.24, 2.45) is 0 Å². The predicted octanol–water partition coefficient (Wildman–Crippen LogP) is 2.65. The number of halogens is 3. The second-order valence-electron chi connectivity index (χ2n) is 5.91. The fourth-order valence-corrected chi connectivity index (χ4v) is 3.12. The molecule has 0 aliphatic heterocycles. The summed E-state index contributed by atoms with van der Waals surface area (Å²) in [4.78, 5) is 23.9. The molecule has 31 heavy (non-hydrogen) atoms. The third kappa shape index (κ3) is 6.18. The molecule has 0 spiro atoms. The molecule has 0 radical (unpaired) electrons. The van der Waals surface area contributed by atoms with Crippen LogP contribution in [-0.4, -0.2) is 51.2 Å². The summed E-state index contributed by atoms with van der Waals surface area (Å²) in [5.41, 5.74) is 1.24. The number of thioether (sulfide) groups is 1. The van der Waals surface area contributed by atoms with Gasteiger partial charge in [-0.3, -0.25) is 9.59 Å². The van der Waals surface area contributed by atoms with Crippen LogP contribution in [0.2, 0.25) is 0 Å². The van der Waals surface area contributed by atoms with Crippen LogP contribution >= 0.6 is 11.8 Å². The molecule has 162 valence electrons. The summed E-state index contributed by atoms with van der Waals surface area (Å²) in [6.07, 6.45) is -4.79. The van der Waals surface area contributed by atoms with Crippen molar-refractivity contribution in [3.05, 3.63) is 54.1 Å². The first-order valence-electron chi connectivity index (χ1n) is 8.64. The molecular weight excluding hydrogens is 437 g/mol. The van der Waals surface area contributed by atoms with Gasteiger partial charge in [0.1, 0.15) is 5.75 Å². The standard InChI is InChI=1S/C18H15F3N6O3S/c1-22-16(29)11-3-2-4-12(9-11)23-15(28)10-31-17-24-25-26-27(17)13-5-7-14(8-6-13)30-18(19,20)21/h2-9H,10H2,1H3,(H,22,29)(H,23,28). The van der Waals surface area contributed by atoms with Gasteiger partial charge in [0.25, 0.3) is 5.91 Å². The van der Waals surface area contributed by atoms with Gasteiger partial charge < -0.3 is 15.4 Å². The summed E-state index contributed by atoms with van der Waals surface area (Å²) >= 11 is 1.03. The second kappa shape index (κ2) is 9.47. The molecule has 1 aromatic heterocycles. The van der Waals surface area contributed by atoms with E-state index in [0.29, 0.717) is 16.9 Å². The van der Waals surface area contributed by atoms with Crippen molar-refractivity contribution in [1.29, 1.82) is 0 Å². The molecule has 0 aliphatic carbocycles. The molecule has 0 aliphatic rings. The molecule has 0 bridgehead atoms. The monoisotopic (exact) mass is 452 g/mol. The Balaban J connectivity index is 1.62. The van der Waals surface area contributed by atoms with Crippen molar-refractivity contribution in [1.82, 2.24) is 25.5 Å². The van der Waals surface area contributed by atoms with Crippen LogP contribution in [0.4, 0.5) is 18.9 Å². The van der Waals surface area contributed by atoms with E-state index in [1.54, 1.807) is 18.2 Å². The van der Waals surface area contributed by atoms with Crippen LogP contribution in [-0.2, 0) is 4.79 Å². The third-order valence-corrected chi connectivity index (χ3v) is 4.64. The molecular formula is C18H15F3N6O3S. The van der Waals surface area contributed by atoms with Gasteiger partial charge in [0, 0.05) is 18.3 Å². The molecule has 13 heteroatoms. The number of anilines is 1. The molecule has 0 saturated heterocycles. The van der Waals surface area contributed by atoms with Crippen molar-refractivity contribution >= 4 is 29.3 Å². The number of carbonyl (C=O) groups excluding carboxylic acids is 2. The number of hydrogen-bond acceptors (Lipinski definition) is 7. The minimum Gasteiger partial charge on any atom is -0.406 e. The zero-order chi connectivity index (χ0) is 22.4. The summed E-state index contributed by atoms with van der Waals surface area (Å²) in [5.74, 6) is -1.06. The molecule has 2 amide bonds. The van der Waals surface area contributed by atoms with E-state index < -0.39 is 6.36 Å². The Morgan fingerprint density at radius 1 is 1.16 bits per heavy atom. The molecule has 1 heterocycles. The Morgan fingerprint density at radius 3 is 2.58 bits per heavy atom. The Hall–Kier alpha value is -3.61. The number of ether oxygens (including phenoxy) is 1. The van der Waals surface area contributed by atoms with E-state index in [1.807, 2.05) is 0 Å². The maximum Gasteiger partial charge on any atom is 0.573 e. The van der Waals surface area contributed by atoms with Gasteiger partial charge in [-0.05, 0) is 52.9 Å². The van der Waals surface area contributed by atoms with E-state index in [1.165, 1.54) is 29.9 Å². The molecule has 3 rings (SSSR count). The predicted molar refractivity (Wildman–Crippen MR) is 105 cm³/mol. The molecule has 3 aromatic rings. The number of amides is 2. The van der Waals surface area contributed by atoms with Gasteiger partial charge in [0.2, 0.25) is 11.1 Å². The van der Waals surface area contributed by atoms with E-state index in [4.69, 9.17) is 0 Å². The molecule has 2 N–H and O–H groups in total. The highest BCUT2D eigenvalue weighted by Gasteiger charge is 2.31. The number of benzene rings is 2.